The maximum Gasteiger partial charge on any atom is 0.270 e. The summed E-state index contributed by atoms with van der Waals surface area (Å²) in [5.41, 5.74) is 2.25. The highest BCUT2D eigenvalue weighted by atomic mass is 19.3. The number of aromatic nitrogens is 2. The van der Waals surface area contributed by atoms with Gasteiger partial charge in [-0.1, -0.05) is 24.8 Å². The first-order valence-electron chi connectivity index (χ1n) is 10.8. The summed E-state index contributed by atoms with van der Waals surface area (Å²) in [6.07, 6.45) is 4.49. The van der Waals surface area contributed by atoms with Gasteiger partial charge in [0.2, 0.25) is 0 Å². The van der Waals surface area contributed by atoms with Crippen molar-refractivity contribution in [2.75, 3.05) is 35.3 Å². The van der Waals surface area contributed by atoms with Gasteiger partial charge in [-0.2, -0.15) is 0 Å². The van der Waals surface area contributed by atoms with E-state index in [-0.39, 0.29) is 11.3 Å². The fourth-order valence-electron chi connectivity index (χ4n) is 3.86. The highest BCUT2D eigenvalue weighted by molar-refractivity contribution is 5.75. The van der Waals surface area contributed by atoms with Crippen LogP contribution in [0.15, 0.2) is 67.3 Å². The Kier molecular flexibility index (Phi) is 6.26. The molecule has 2 aromatic heterocycles. The Balaban J connectivity index is 1.75. The molecule has 33 heavy (non-hydrogen) atoms. The predicted octanol–water partition coefficient (Wildman–Crippen LogP) is 6.01. The van der Waals surface area contributed by atoms with E-state index in [9.17, 15) is 13.2 Å². The Morgan fingerprint density at radius 2 is 1.91 bits per heavy atom. The number of pyridine rings is 2. The van der Waals surface area contributed by atoms with Gasteiger partial charge < -0.3 is 15.1 Å². The highest BCUT2D eigenvalue weighted by Gasteiger charge is 2.25. The van der Waals surface area contributed by atoms with Crippen LogP contribution in [0.25, 0.3) is 11.3 Å². The molecule has 0 unspecified atom stereocenters. The zero-order valence-electron chi connectivity index (χ0n) is 18.7. The molecule has 0 amide bonds. The number of fused-ring (bicyclic) bond motifs is 1. The van der Waals surface area contributed by atoms with E-state index in [1.54, 1.807) is 12.1 Å². The summed E-state index contributed by atoms with van der Waals surface area (Å²) in [4.78, 5) is 12.7. The lowest BCUT2D eigenvalue weighted by Crippen LogP contribution is -2.33. The summed E-state index contributed by atoms with van der Waals surface area (Å²) in [6.45, 7) is 6.50. The lowest BCUT2D eigenvalue weighted by atomic mass is 10.0. The van der Waals surface area contributed by atoms with Crippen molar-refractivity contribution in [3.63, 3.8) is 0 Å². The van der Waals surface area contributed by atoms with Gasteiger partial charge in [0.1, 0.15) is 5.82 Å². The van der Waals surface area contributed by atoms with E-state index >= 15 is 0 Å². The average Bonchev–Trinajstić information content (AvgIpc) is 2.78. The molecule has 1 N–H and O–H groups in total. The van der Waals surface area contributed by atoms with E-state index in [4.69, 9.17) is 4.98 Å². The first-order valence-corrected chi connectivity index (χ1v) is 10.8. The smallest absolute Gasteiger partial charge is 0.270 e. The number of hydrogen-bond acceptors (Lipinski definition) is 5. The summed E-state index contributed by atoms with van der Waals surface area (Å²) >= 11 is 0. The number of anilines is 3. The van der Waals surface area contributed by atoms with Crippen molar-refractivity contribution in [1.82, 2.24) is 9.97 Å². The second-order valence-corrected chi connectivity index (χ2v) is 8.22. The van der Waals surface area contributed by atoms with Crippen LogP contribution in [0.3, 0.4) is 0 Å². The van der Waals surface area contributed by atoms with Gasteiger partial charge in [-0.15, -0.1) is 0 Å². The van der Waals surface area contributed by atoms with Gasteiger partial charge in [0.15, 0.2) is 11.6 Å². The van der Waals surface area contributed by atoms with Crippen LogP contribution in [0.4, 0.5) is 30.4 Å². The summed E-state index contributed by atoms with van der Waals surface area (Å²) < 4.78 is 42.0. The van der Waals surface area contributed by atoms with Gasteiger partial charge in [0.25, 0.3) is 5.92 Å². The van der Waals surface area contributed by atoms with Gasteiger partial charge in [-0.3, -0.25) is 4.98 Å². The molecule has 172 valence electrons. The number of benzene rings is 1. The number of alkyl halides is 2. The SMILES string of the molecule is C=C(Nc1ccncc1F)N1CCCCN(C)c2ccc(-c3cccc(C(C)(F)F)c3)nc21. The fourth-order valence-corrected chi connectivity index (χ4v) is 3.86. The molecule has 0 atom stereocenters. The van der Waals surface area contributed by atoms with Crippen LogP contribution in [-0.2, 0) is 5.92 Å². The summed E-state index contributed by atoms with van der Waals surface area (Å²) in [5.74, 6) is -2.33. The zero-order valence-corrected chi connectivity index (χ0v) is 18.7. The molecule has 1 aromatic carbocycles. The van der Waals surface area contributed by atoms with Crippen molar-refractivity contribution < 1.29 is 13.2 Å². The molecule has 0 radical (unpaired) electrons. The number of rotatable bonds is 5. The minimum atomic E-state index is -2.95. The van der Waals surface area contributed by atoms with Gasteiger partial charge in [0, 0.05) is 44.4 Å². The van der Waals surface area contributed by atoms with Crippen molar-refractivity contribution in [3.05, 3.63) is 78.6 Å². The van der Waals surface area contributed by atoms with Crippen LogP contribution in [0, 0.1) is 5.82 Å². The maximum absolute atomic E-state index is 14.2. The van der Waals surface area contributed by atoms with Crippen molar-refractivity contribution in [2.45, 2.75) is 25.7 Å². The molecule has 0 bridgehead atoms. The van der Waals surface area contributed by atoms with Crippen molar-refractivity contribution in [3.8, 4) is 11.3 Å². The average molecular weight is 454 g/mol. The summed E-state index contributed by atoms with van der Waals surface area (Å²) in [7, 11) is 1.99. The van der Waals surface area contributed by atoms with Crippen LogP contribution in [0.5, 0.6) is 0 Å². The van der Waals surface area contributed by atoms with Crippen LogP contribution < -0.4 is 15.1 Å². The first-order chi connectivity index (χ1) is 15.7. The van der Waals surface area contributed by atoms with Crippen molar-refractivity contribution in [2.24, 2.45) is 0 Å². The highest BCUT2D eigenvalue weighted by Crippen LogP contribution is 2.36. The lowest BCUT2D eigenvalue weighted by Gasteiger charge is -2.34. The van der Waals surface area contributed by atoms with Crippen molar-refractivity contribution in [1.29, 1.82) is 0 Å². The number of nitrogens with one attached hydrogen (secondary N) is 1. The molecule has 3 heterocycles. The second-order valence-electron chi connectivity index (χ2n) is 8.22. The van der Waals surface area contributed by atoms with Gasteiger partial charge in [-0.05, 0) is 37.1 Å². The Morgan fingerprint density at radius 3 is 2.67 bits per heavy atom. The Hall–Kier alpha value is -3.55. The summed E-state index contributed by atoms with van der Waals surface area (Å²) in [5, 5.41) is 3.03. The second kappa shape index (κ2) is 9.13. The minimum absolute atomic E-state index is 0.0678. The van der Waals surface area contributed by atoms with Gasteiger partial charge >= 0.3 is 0 Å². The molecule has 1 aliphatic rings. The van der Waals surface area contributed by atoms with Crippen LogP contribution in [-0.4, -0.2) is 30.1 Å². The van der Waals surface area contributed by atoms with Crippen LogP contribution in [0.2, 0.25) is 0 Å². The third-order valence-electron chi connectivity index (χ3n) is 5.69. The number of hydrogen-bond donors (Lipinski definition) is 1. The first kappa shape index (κ1) is 22.6. The Labute approximate surface area is 191 Å². The van der Waals surface area contributed by atoms with E-state index in [0.717, 1.165) is 38.2 Å². The quantitative estimate of drug-likeness (QED) is 0.512. The van der Waals surface area contributed by atoms with Crippen LogP contribution in [0.1, 0.15) is 25.3 Å². The normalized spacial score (nSPS) is 14.3. The standard InChI is InChI=1S/C25H26F3N5/c1-17(30-22-11-12-29-16-20(22)26)33-14-5-4-13-32(3)23-10-9-21(31-24(23)33)18-7-6-8-19(15-18)25(2,27)28/h6-12,15-16H,1,4-5,13-14H2,2-3H3,(H,29,30). The summed E-state index contributed by atoms with van der Waals surface area (Å²) in [6, 6.07) is 11.6. The minimum Gasteiger partial charge on any atom is -0.372 e. The molecule has 0 saturated carbocycles. The van der Waals surface area contributed by atoms with E-state index < -0.39 is 11.7 Å². The molecule has 0 aliphatic carbocycles. The zero-order chi connectivity index (χ0) is 23.6. The predicted molar refractivity (Wildman–Crippen MR) is 126 cm³/mol. The molecular weight excluding hydrogens is 427 g/mol. The molecule has 1 aliphatic heterocycles. The molecule has 0 fully saturated rings. The van der Waals surface area contributed by atoms with Gasteiger partial charge in [0.05, 0.1) is 23.3 Å². The lowest BCUT2D eigenvalue weighted by molar-refractivity contribution is 0.0175. The third-order valence-corrected chi connectivity index (χ3v) is 5.69. The Morgan fingerprint density at radius 1 is 1.12 bits per heavy atom. The molecule has 0 saturated heterocycles. The largest absolute Gasteiger partial charge is 0.372 e. The van der Waals surface area contributed by atoms with E-state index in [1.165, 1.54) is 24.4 Å². The molecule has 5 nitrogen and oxygen atoms in total. The molecule has 8 heteroatoms. The monoisotopic (exact) mass is 453 g/mol. The Bertz CT molecular complexity index is 1160. The van der Waals surface area contributed by atoms with Crippen LogP contribution >= 0.6 is 0 Å². The topological polar surface area (TPSA) is 44.3 Å². The fraction of sp³-hybridized carbons (Fsp3) is 0.280. The van der Waals surface area contributed by atoms with E-state index in [0.29, 0.717) is 29.4 Å². The molecular formula is C25H26F3N5. The molecule has 0 spiro atoms. The number of halogens is 3. The van der Waals surface area contributed by atoms with Crippen molar-refractivity contribution >= 4 is 17.2 Å². The number of nitrogens with zero attached hydrogens (tertiary/aromatic N) is 4. The van der Waals surface area contributed by atoms with Gasteiger partial charge in [-0.25, -0.2) is 18.2 Å². The van der Waals surface area contributed by atoms with E-state index in [2.05, 4.69) is 21.8 Å². The van der Waals surface area contributed by atoms with E-state index in [1.807, 2.05) is 24.1 Å². The molecule has 4 rings (SSSR count). The maximum atomic E-state index is 14.2. The third kappa shape index (κ3) is 4.94. The molecule has 3 aromatic rings.